The molecule has 39 heavy (non-hydrogen) atoms. The monoisotopic (exact) mass is 544 g/mol. The largest absolute Gasteiger partial charge is 0.386 e. The number of Topliss-reactive ketones (excluding diaryl/α,β-unsaturated/α-hetero) is 1. The van der Waals surface area contributed by atoms with E-state index < -0.39 is 11.2 Å². The van der Waals surface area contributed by atoms with E-state index >= 15 is 0 Å². The van der Waals surface area contributed by atoms with Gasteiger partial charge >= 0.3 is 0 Å². The van der Waals surface area contributed by atoms with Crippen molar-refractivity contribution in [3.63, 3.8) is 0 Å². The second kappa shape index (κ2) is 10.3. The molecule has 2 aromatic carbocycles. The zero-order valence-corrected chi connectivity index (χ0v) is 23.9. The molecule has 1 saturated heterocycles. The van der Waals surface area contributed by atoms with Crippen LogP contribution in [0.15, 0.2) is 66.9 Å². The Morgan fingerprint density at radius 3 is 2.51 bits per heavy atom. The molecule has 3 aromatic rings. The van der Waals surface area contributed by atoms with Gasteiger partial charge in [-0.25, -0.2) is 0 Å². The van der Waals surface area contributed by atoms with Crippen molar-refractivity contribution in [3.8, 4) is 0 Å². The van der Waals surface area contributed by atoms with Crippen LogP contribution in [0.2, 0.25) is 5.02 Å². The highest BCUT2D eigenvalue weighted by atomic mass is 35.5. The Kier molecular flexibility index (Phi) is 7.32. The van der Waals surface area contributed by atoms with Crippen LogP contribution in [-0.4, -0.2) is 45.5 Å². The molecule has 0 amide bonds. The van der Waals surface area contributed by atoms with Gasteiger partial charge in [-0.15, -0.1) is 0 Å². The van der Waals surface area contributed by atoms with Gasteiger partial charge < -0.3 is 15.1 Å². The minimum absolute atomic E-state index is 0.0370. The Labute approximate surface area is 236 Å². The van der Waals surface area contributed by atoms with E-state index in [9.17, 15) is 15.0 Å². The normalized spacial score (nSPS) is 22.3. The van der Waals surface area contributed by atoms with Gasteiger partial charge in [0, 0.05) is 47.4 Å². The van der Waals surface area contributed by atoms with Crippen LogP contribution in [-0.2, 0) is 17.6 Å². The molecule has 6 heteroatoms. The van der Waals surface area contributed by atoms with Crippen molar-refractivity contribution < 1.29 is 15.0 Å². The number of hydrogen-bond acceptors (Lipinski definition) is 5. The van der Waals surface area contributed by atoms with Gasteiger partial charge in [-0.3, -0.25) is 9.78 Å². The number of halogens is 1. The number of rotatable bonds is 5. The van der Waals surface area contributed by atoms with Crippen LogP contribution >= 0.6 is 11.6 Å². The molecule has 0 unspecified atom stereocenters. The number of nitrogens with zero attached hydrogens (tertiary/aromatic N) is 2. The maximum absolute atomic E-state index is 13.2. The Balaban J connectivity index is 1.42. The lowest BCUT2D eigenvalue weighted by Crippen LogP contribution is -2.55. The van der Waals surface area contributed by atoms with Crippen molar-refractivity contribution in [3.05, 3.63) is 105 Å². The average Bonchev–Trinajstić information content (AvgIpc) is 3.00. The average molecular weight is 545 g/mol. The molecule has 2 heterocycles. The van der Waals surface area contributed by atoms with Gasteiger partial charge in [0.2, 0.25) is 0 Å². The van der Waals surface area contributed by atoms with E-state index in [4.69, 9.17) is 11.6 Å². The first-order valence-electron chi connectivity index (χ1n) is 13.6. The molecule has 1 aliphatic carbocycles. The van der Waals surface area contributed by atoms with Crippen molar-refractivity contribution in [2.75, 3.05) is 19.6 Å². The first-order valence-corrected chi connectivity index (χ1v) is 14.0. The van der Waals surface area contributed by atoms with Crippen LogP contribution < -0.4 is 0 Å². The fraction of sp³-hybridized carbons (Fsp3) is 0.394. The molecule has 0 saturated carbocycles. The highest BCUT2D eigenvalue weighted by molar-refractivity contribution is 6.30. The molecule has 1 aliphatic heterocycles. The first-order chi connectivity index (χ1) is 18.4. The summed E-state index contributed by atoms with van der Waals surface area (Å²) in [7, 11) is 0. The lowest BCUT2D eigenvalue weighted by atomic mass is 9.66. The highest BCUT2D eigenvalue weighted by Crippen LogP contribution is 2.46. The van der Waals surface area contributed by atoms with E-state index in [0.29, 0.717) is 17.0 Å². The van der Waals surface area contributed by atoms with Crippen molar-refractivity contribution in [2.24, 2.45) is 5.41 Å². The van der Waals surface area contributed by atoms with E-state index in [1.165, 1.54) is 0 Å². The SMILES string of the molecule is CC(C)(O)c1ccc2c(c1)C(=CCCN1CC[C@](O)(c3ccc(Cl)cc3)C(C)(C)C1)c1cccnc1CC2=O. The Morgan fingerprint density at radius 2 is 1.82 bits per heavy atom. The Morgan fingerprint density at radius 1 is 1.08 bits per heavy atom. The molecule has 204 valence electrons. The van der Waals surface area contributed by atoms with Crippen LogP contribution in [0.3, 0.4) is 0 Å². The lowest BCUT2D eigenvalue weighted by molar-refractivity contribution is -0.125. The maximum atomic E-state index is 13.2. The third-order valence-corrected chi connectivity index (χ3v) is 8.72. The Hall–Kier alpha value is -2.83. The van der Waals surface area contributed by atoms with Crippen LogP contribution in [0.4, 0.5) is 0 Å². The number of piperidine rings is 1. The van der Waals surface area contributed by atoms with Crippen LogP contribution in [0.1, 0.15) is 78.8 Å². The topological polar surface area (TPSA) is 73.7 Å². The van der Waals surface area contributed by atoms with Gasteiger partial charge in [-0.1, -0.05) is 61.9 Å². The standard InChI is InChI=1S/C33H37ClN2O3/c1-31(2)21-36(18-15-33(31,39)22-9-12-24(34)13-10-22)17-6-8-25-26-7-5-16-35-29(26)20-30(37)27-14-11-23(19-28(25)27)32(3,4)38/h5,7-14,16,19,38-39H,6,15,17-18,20-21H2,1-4H3/t33-/m0/s1. The van der Waals surface area contributed by atoms with Gasteiger partial charge in [0.05, 0.1) is 23.3 Å². The van der Waals surface area contributed by atoms with Crippen molar-refractivity contribution >= 4 is 23.0 Å². The van der Waals surface area contributed by atoms with Crippen LogP contribution in [0, 0.1) is 5.41 Å². The molecule has 0 radical (unpaired) electrons. The zero-order valence-electron chi connectivity index (χ0n) is 23.2. The molecule has 1 fully saturated rings. The molecule has 0 bridgehead atoms. The number of carbonyl (C=O) groups is 1. The summed E-state index contributed by atoms with van der Waals surface area (Å²) >= 11 is 6.09. The molecule has 0 spiro atoms. The third-order valence-electron chi connectivity index (χ3n) is 8.47. The third kappa shape index (κ3) is 5.33. The van der Waals surface area contributed by atoms with Gasteiger partial charge in [-0.05, 0) is 73.2 Å². The van der Waals surface area contributed by atoms with E-state index in [1.54, 1.807) is 20.0 Å². The summed E-state index contributed by atoms with van der Waals surface area (Å²) in [6, 6.07) is 17.1. The summed E-state index contributed by atoms with van der Waals surface area (Å²) in [5.74, 6) is 0.0370. The number of ketones is 1. The quantitative estimate of drug-likeness (QED) is 0.403. The number of fused-ring (bicyclic) bond motifs is 2. The smallest absolute Gasteiger partial charge is 0.169 e. The highest BCUT2D eigenvalue weighted by Gasteiger charge is 2.48. The molecule has 2 aliphatic rings. The molecular formula is C33H37ClN2O3. The van der Waals surface area contributed by atoms with E-state index in [2.05, 4.69) is 29.8 Å². The number of hydrogen-bond donors (Lipinski definition) is 2. The minimum atomic E-state index is -1.02. The molecule has 1 atom stereocenters. The first kappa shape index (κ1) is 27.7. The fourth-order valence-electron chi connectivity index (χ4n) is 6.10. The van der Waals surface area contributed by atoms with Crippen LogP contribution in [0.25, 0.3) is 5.57 Å². The van der Waals surface area contributed by atoms with E-state index in [0.717, 1.165) is 59.6 Å². The van der Waals surface area contributed by atoms with Crippen LogP contribution in [0.5, 0.6) is 0 Å². The number of aromatic nitrogens is 1. The zero-order chi connectivity index (χ0) is 28.0. The van der Waals surface area contributed by atoms with E-state index in [-0.39, 0.29) is 17.6 Å². The summed E-state index contributed by atoms with van der Waals surface area (Å²) in [6.45, 7) is 10.1. The van der Waals surface area contributed by atoms with E-state index in [1.807, 2.05) is 54.6 Å². The molecule has 5 nitrogen and oxygen atoms in total. The summed E-state index contributed by atoms with van der Waals surface area (Å²) < 4.78 is 0. The fourth-order valence-corrected chi connectivity index (χ4v) is 6.22. The summed E-state index contributed by atoms with van der Waals surface area (Å²) in [4.78, 5) is 20.1. The molecule has 5 rings (SSSR count). The van der Waals surface area contributed by atoms with Gasteiger partial charge in [-0.2, -0.15) is 0 Å². The molecule has 2 N–H and O–H groups in total. The maximum Gasteiger partial charge on any atom is 0.169 e. The Bertz CT molecular complexity index is 1420. The minimum Gasteiger partial charge on any atom is -0.386 e. The number of likely N-dealkylation sites (tertiary alicyclic amines) is 1. The molecule has 1 aromatic heterocycles. The van der Waals surface area contributed by atoms with Gasteiger partial charge in [0.15, 0.2) is 5.78 Å². The van der Waals surface area contributed by atoms with Crippen molar-refractivity contribution in [1.29, 1.82) is 0 Å². The van der Waals surface area contributed by atoms with Gasteiger partial charge in [0.1, 0.15) is 0 Å². The van der Waals surface area contributed by atoms with Crippen molar-refractivity contribution in [1.82, 2.24) is 9.88 Å². The summed E-state index contributed by atoms with van der Waals surface area (Å²) in [5, 5.41) is 23.1. The summed E-state index contributed by atoms with van der Waals surface area (Å²) in [5.41, 5.74) is 3.62. The lowest BCUT2D eigenvalue weighted by Gasteiger charge is -2.50. The second-order valence-electron chi connectivity index (χ2n) is 12.1. The number of pyridine rings is 1. The van der Waals surface area contributed by atoms with Crippen molar-refractivity contribution in [2.45, 2.75) is 58.2 Å². The number of aliphatic hydroxyl groups is 2. The number of benzene rings is 2. The predicted molar refractivity (Wildman–Crippen MR) is 156 cm³/mol. The molecular weight excluding hydrogens is 508 g/mol. The second-order valence-corrected chi connectivity index (χ2v) is 12.5. The van der Waals surface area contributed by atoms with Gasteiger partial charge in [0.25, 0.3) is 0 Å². The predicted octanol–water partition coefficient (Wildman–Crippen LogP) is 6.14. The summed E-state index contributed by atoms with van der Waals surface area (Å²) in [6.07, 6.45) is 5.61. The number of carbonyl (C=O) groups excluding carboxylic acids is 1.